The molecule has 2 aromatic rings. The SMILES string of the molecule is CCc1cc(CN(C)C(=O)CN2CC(c3ccccc3)CC2=O)on1. The summed E-state index contributed by atoms with van der Waals surface area (Å²) in [5.74, 6) is 0.746. The highest BCUT2D eigenvalue weighted by atomic mass is 16.5. The van der Waals surface area contributed by atoms with E-state index in [0.29, 0.717) is 25.3 Å². The van der Waals surface area contributed by atoms with E-state index in [2.05, 4.69) is 5.16 Å². The number of carbonyl (C=O) groups excluding carboxylic acids is 2. The standard InChI is InChI=1S/C19H23N3O3/c1-3-16-10-17(25-20-16)12-21(2)19(24)13-22-11-15(9-18(22)23)14-7-5-4-6-8-14/h4-8,10,15H,3,9,11-13H2,1-2H3. The van der Waals surface area contributed by atoms with E-state index in [4.69, 9.17) is 4.52 Å². The molecule has 6 nitrogen and oxygen atoms in total. The lowest BCUT2D eigenvalue weighted by Crippen LogP contribution is -2.38. The van der Waals surface area contributed by atoms with Crippen LogP contribution in [-0.4, -0.2) is 46.9 Å². The van der Waals surface area contributed by atoms with E-state index in [1.165, 1.54) is 0 Å². The van der Waals surface area contributed by atoms with Gasteiger partial charge in [-0.05, 0) is 12.0 Å². The van der Waals surface area contributed by atoms with Crippen molar-refractivity contribution in [2.45, 2.75) is 32.2 Å². The van der Waals surface area contributed by atoms with Gasteiger partial charge in [0.25, 0.3) is 0 Å². The zero-order chi connectivity index (χ0) is 17.8. The van der Waals surface area contributed by atoms with Crippen LogP contribution in [0.1, 0.15) is 36.3 Å². The Morgan fingerprint density at radius 2 is 2.12 bits per heavy atom. The summed E-state index contributed by atoms with van der Waals surface area (Å²) in [4.78, 5) is 27.9. The Morgan fingerprint density at radius 1 is 1.36 bits per heavy atom. The number of rotatable bonds is 6. The minimum atomic E-state index is -0.100. The van der Waals surface area contributed by atoms with E-state index in [9.17, 15) is 9.59 Å². The van der Waals surface area contributed by atoms with E-state index in [1.807, 2.05) is 43.3 Å². The van der Waals surface area contributed by atoms with Gasteiger partial charge in [0.05, 0.1) is 18.8 Å². The summed E-state index contributed by atoms with van der Waals surface area (Å²) in [5.41, 5.74) is 2.02. The highest BCUT2D eigenvalue weighted by Gasteiger charge is 2.32. The van der Waals surface area contributed by atoms with Gasteiger partial charge in [-0.3, -0.25) is 9.59 Å². The molecule has 0 aliphatic carbocycles. The molecule has 0 N–H and O–H groups in total. The molecule has 1 aromatic carbocycles. The molecule has 3 rings (SSSR count). The molecule has 6 heteroatoms. The molecule has 1 unspecified atom stereocenters. The Kier molecular flexibility index (Phi) is 5.16. The molecular formula is C19H23N3O3. The quantitative estimate of drug-likeness (QED) is 0.808. The van der Waals surface area contributed by atoms with Crippen molar-refractivity contribution >= 4 is 11.8 Å². The van der Waals surface area contributed by atoms with E-state index in [-0.39, 0.29) is 24.3 Å². The van der Waals surface area contributed by atoms with Crippen molar-refractivity contribution in [3.05, 3.63) is 53.4 Å². The van der Waals surface area contributed by atoms with E-state index in [0.717, 1.165) is 17.7 Å². The van der Waals surface area contributed by atoms with Gasteiger partial charge in [0, 0.05) is 32.0 Å². The number of likely N-dealkylation sites (N-methyl/N-ethyl adjacent to an activating group) is 1. The van der Waals surface area contributed by atoms with Crippen molar-refractivity contribution in [2.24, 2.45) is 0 Å². The van der Waals surface area contributed by atoms with Gasteiger partial charge in [0.2, 0.25) is 11.8 Å². The summed E-state index contributed by atoms with van der Waals surface area (Å²) in [5, 5.41) is 3.93. The van der Waals surface area contributed by atoms with Crippen molar-refractivity contribution in [3.63, 3.8) is 0 Å². The van der Waals surface area contributed by atoms with Crippen molar-refractivity contribution in [2.75, 3.05) is 20.1 Å². The molecule has 2 amide bonds. The van der Waals surface area contributed by atoms with Crippen LogP contribution >= 0.6 is 0 Å². The summed E-state index contributed by atoms with van der Waals surface area (Å²) in [7, 11) is 1.71. The zero-order valence-corrected chi connectivity index (χ0v) is 14.6. The third-order valence-electron chi connectivity index (χ3n) is 4.60. The molecule has 1 aromatic heterocycles. The third-order valence-corrected chi connectivity index (χ3v) is 4.60. The van der Waals surface area contributed by atoms with Gasteiger partial charge in [-0.2, -0.15) is 0 Å². The molecule has 132 valence electrons. The molecule has 2 heterocycles. The van der Waals surface area contributed by atoms with Crippen LogP contribution in [0, 0.1) is 0 Å². The van der Waals surface area contributed by atoms with Crippen molar-refractivity contribution in [1.29, 1.82) is 0 Å². The number of hydrogen-bond acceptors (Lipinski definition) is 4. The fourth-order valence-corrected chi connectivity index (χ4v) is 3.08. The van der Waals surface area contributed by atoms with Crippen molar-refractivity contribution < 1.29 is 14.1 Å². The maximum absolute atomic E-state index is 12.4. The Hall–Kier alpha value is -2.63. The second-order valence-corrected chi connectivity index (χ2v) is 6.47. The van der Waals surface area contributed by atoms with E-state index < -0.39 is 0 Å². The van der Waals surface area contributed by atoms with Gasteiger partial charge in [-0.25, -0.2) is 0 Å². The van der Waals surface area contributed by atoms with Crippen LogP contribution in [0.5, 0.6) is 0 Å². The zero-order valence-electron chi connectivity index (χ0n) is 14.6. The fourth-order valence-electron chi connectivity index (χ4n) is 3.08. The molecule has 1 aliphatic rings. The van der Waals surface area contributed by atoms with Gasteiger partial charge in [-0.15, -0.1) is 0 Å². The lowest BCUT2D eigenvalue weighted by atomic mass is 9.99. The van der Waals surface area contributed by atoms with Crippen molar-refractivity contribution in [1.82, 2.24) is 15.0 Å². The van der Waals surface area contributed by atoms with Gasteiger partial charge in [0.1, 0.15) is 0 Å². The smallest absolute Gasteiger partial charge is 0.242 e. The molecule has 1 fully saturated rings. The predicted molar refractivity (Wildman–Crippen MR) is 92.7 cm³/mol. The van der Waals surface area contributed by atoms with Crippen LogP contribution in [0.25, 0.3) is 0 Å². The lowest BCUT2D eigenvalue weighted by Gasteiger charge is -2.21. The van der Waals surface area contributed by atoms with Crippen LogP contribution in [0.2, 0.25) is 0 Å². The van der Waals surface area contributed by atoms with Crippen LogP contribution < -0.4 is 0 Å². The number of aromatic nitrogens is 1. The Labute approximate surface area is 147 Å². The summed E-state index contributed by atoms with van der Waals surface area (Å²) in [6, 6.07) is 11.8. The van der Waals surface area contributed by atoms with Gasteiger partial charge < -0.3 is 14.3 Å². The second kappa shape index (κ2) is 7.51. The Balaban J connectivity index is 1.56. The van der Waals surface area contributed by atoms with Crippen LogP contribution in [0.4, 0.5) is 0 Å². The third kappa shape index (κ3) is 4.07. The van der Waals surface area contributed by atoms with Crippen LogP contribution in [0.15, 0.2) is 40.9 Å². The molecule has 0 radical (unpaired) electrons. The molecule has 0 saturated carbocycles. The number of benzene rings is 1. The summed E-state index contributed by atoms with van der Waals surface area (Å²) < 4.78 is 5.22. The molecular weight excluding hydrogens is 318 g/mol. The first-order valence-electron chi connectivity index (χ1n) is 8.58. The predicted octanol–water partition coefficient (Wildman–Crippen LogP) is 2.21. The molecule has 0 bridgehead atoms. The van der Waals surface area contributed by atoms with Crippen LogP contribution in [0.3, 0.4) is 0 Å². The highest BCUT2D eigenvalue weighted by Crippen LogP contribution is 2.27. The minimum Gasteiger partial charge on any atom is -0.359 e. The lowest BCUT2D eigenvalue weighted by molar-refractivity contribution is -0.138. The first kappa shape index (κ1) is 17.2. The number of hydrogen-bond donors (Lipinski definition) is 0. The largest absolute Gasteiger partial charge is 0.359 e. The number of aryl methyl sites for hydroxylation is 1. The van der Waals surface area contributed by atoms with E-state index in [1.54, 1.807) is 16.8 Å². The first-order valence-corrected chi connectivity index (χ1v) is 8.58. The minimum absolute atomic E-state index is 0.0311. The van der Waals surface area contributed by atoms with Crippen LogP contribution in [-0.2, 0) is 22.6 Å². The molecule has 0 spiro atoms. The average molecular weight is 341 g/mol. The molecule has 1 aliphatic heterocycles. The number of likely N-dealkylation sites (tertiary alicyclic amines) is 1. The van der Waals surface area contributed by atoms with E-state index >= 15 is 0 Å². The monoisotopic (exact) mass is 341 g/mol. The summed E-state index contributed by atoms with van der Waals surface area (Å²) in [6.07, 6.45) is 1.26. The Morgan fingerprint density at radius 3 is 2.80 bits per heavy atom. The molecule has 1 saturated heterocycles. The Bertz CT molecular complexity index is 741. The molecule has 25 heavy (non-hydrogen) atoms. The van der Waals surface area contributed by atoms with Crippen molar-refractivity contribution in [3.8, 4) is 0 Å². The maximum Gasteiger partial charge on any atom is 0.242 e. The first-order chi connectivity index (χ1) is 12.1. The number of carbonyl (C=O) groups is 2. The number of nitrogens with zero attached hydrogens (tertiary/aromatic N) is 3. The topological polar surface area (TPSA) is 66.7 Å². The maximum atomic E-state index is 12.4. The number of amides is 2. The second-order valence-electron chi connectivity index (χ2n) is 6.47. The van der Waals surface area contributed by atoms with Gasteiger partial charge in [0.15, 0.2) is 5.76 Å². The highest BCUT2D eigenvalue weighted by molar-refractivity contribution is 5.86. The summed E-state index contributed by atoms with van der Waals surface area (Å²) in [6.45, 7) is 3.05. The average Bonchev–Trinajstić information content (AvgIpc) is 3.22. The fraction of sp³-hybridized carbons (Fsp3) is 0.421. The van der Waals surface area contributed by atoms with Gasteiger partial charge >= 0.3 is 0 Å². The summed E-state index contributed by atoms with van der Waals surface area (Å²) >= 11 is 0. The normalized spacial score (nSPS) is 17.1. The van der Waals surface area contributed by atoms with Gasteiger partial charge in [-0.1, -0.05) is 42.4 Å². The molecule has 1 atom stereocenters.